The molecule has 0 saturated carbocycles. The molecule has 0 aliphatic heterocycles. The van der Waals surface area contributed by atoms with Crippen LogP contribution in [0.1, 0.15) is 38.3 Å². The number of nitrogens with two attached hydrogens (primary N) is 1. The van der Waals surface area contributed by atoms with Gasteiger partial charge in [-0.05, 0) is 85.4 Å². The molecule has 0 spiro atoms. The number of benzene rings is 4. The maximum absolute atomic E-state index is 14.6. The van der Waals surface area contributed by atoms with E-state index in [0.29, 0.717) is 29.4 Å². The Hall–Kier alpha value is -4.91. The number of amides is 4. The van der Waals surface area contributed by atoms with Crippen molar-refractivity contribution in [2.75, 3.05) is 23.9 Å². The molecule has 0 bridgehead atoms. The zero-order valence-electron chi connectivity index (χ0n) is 29.3. The van der Waals surface area contributed by atoms with Gasteiger partial charge in [-0.1, -0.05) is 72.8 Å². The number of nitrogens with one attached hydrogen (secondary N) is 2. The Morgan fingerprint density at radius 2 is 1.53 bits per heavy atom. The second-order valence-corrected chi connectivity index (χ2v) is 14.0. The molecule has 4 aromatic carbocycles. The molecule has 11 nitrogen and oxygen atoms in total. The van der Waals surface area contributed by atoms with Crippen LogP contribution in [0.25, 0.3) is 10.8 Å². The fraction of sp³-hybridized carbons (Fsp3) is 0.333. The highest BCUT2D eigenvalue weighted by molar-refractivity contribution is 7.98. The van der Waals surface area contributed by atoms with Gasteiger partial charge in [0.05, 0.1) is 6.61 Å². The second-order valence-electron chi connectivity index (χ2n) is 13.0. The Balaban J connectivity index is 1.66. The molecule has 0 aliphatic rings. The summed E-state index contributed by atoms with van der Waals surface area (Å²) in [6.45, 7) is 4.65. The van der Waals surface area contributed by atoms with E-state index in [1.54, 1.807) is 51.1 Å². The van der Waals surface area contributed by atoms with Crippen LogP contribution >= 0.6 is 11.8 Å². The molecule has 0 aromatic heterocycles. The van der Waals surface area contributed by atoms with Crippen molar-refractivity contribution in [2.45, 2.75) is 63.9 Å². The Labute approximate surface area is 302 Å². The molecule has 0 fully saturated rings. The van der Waals surface area contributed by atoms with E-state index in [-0.39, 0.29) is 12.8 Å². The molecule has 0 heterocycles. The predicted molar refractivity (Wildman–Crippen MR) is 200 cm³/mol. The van der Waals surface area contributed by atoms with E-state index < -0.39 is 54.1 Å². The van der Waals surface area contributed by atoms with Crippen LogP contribution in [-0.4, -0.2) is 76.2 Å². The zero-order chi connectivity index (χ0) is 37.0. The van der Waals surface area contributed by atoms with Crippen molar-refractivity contribution < 1.29 is 33.8 Å². The van der Waals surface area contributed by atoms with Crippen molar-refractivity contribution in [1.82, 2.24) is 10.2 Å². The molecule has 4 aromatic rings. The lowest BCUT2D eigenvalue weighted by Gasteiger charge is -2.34. The molecule has 51 heavy (non-hydrogen) atoms. The van der Waals surface area contributed by atoms with Gasteiger partial charge in [0.25, 0.3) is 5.91 Å². The van der Waals surface area contributed by atoms with Gasteiger partial charge in [-0.2, -0.15) is 11.8 Å². The number of hydrogen-bond acceptors (Lipinski definition) is 9. The number of nitrogens with zero attached hydrogens (tertiary/aromatic N) is 1. The number of thioether (sulfide) groups is 1. The molecule has 4 amide bonds. The van der Waals surface area contributed by atoms with Gasteiger partial charge in [-0.15, -0.1) is 0 Å². The summed E-state index contributed by atoms with van der Waals surface area (Å²) in [7, 11) is 0. The van der Waals surface area contributed by atoms with Crippen LogP contribution in [0.3, 0.4) is 0 Å². The Bertz CT molecular complexity index is 1780. The first-order chi connectivity index (χ1) is 24.4. The predicted octanol–water partition coefficient (Wildman–Crippen LogP) is 5.29. The van der Waals surface area contributed by atoms with Gasteiger partial charge in [0.15, 0.2) is 0 Å². The van der Waals surface area contributed by atoms with Gasteiger partial charge in [-0.25, -0.2) is 9.69 Å². The minimum absolute atomic E-state index is 0.0669. The van der Waals surface area contributed by atoms with Crippen LogP contribution in [0.15, 0.2) is 97.1 Å². The van der Waals surface area contributed by atoms with E-state index in [1.807, 2.05) is 73.0 Å². The van der Waals surface area contributed by atoms with Gasteiger partial charge in [-0.3, -0.25) is 14.4 Å². The number of anilines is 1. The molecule has 12 heteroatoms. The SMILES string of the molecule is CSCC[C@@H](C(=O)Nc1ccc2ccccc2c1)N(C(=O)OC(C)(C)C)C(=O)[C@H](Cc1ccc(OCc2ccccc2)cc1)NC(=O)[C@H](N)CO. The maximum Gasteiger partial charge on any atom is 0.417 e. The van der Waals surface area contributed by atoms with Crippen LogP contribution in [0.4, 0.5) is 10.5 Å². The summed E-state index contributed by atoms with van der Waals surface area (Å²) >= 11 is 1.45. The highest BCUT2D eigenvalue weighted by Gasteiger charge is 2.41. The summed E-state index contributed by atoms with van der Waals surface area (Å²) in [5.41, 5.74) is 6.91. The normalized spacial score (nSPS) is 13.1. The van der Waals surface area contributed by atoms with Crippen molar-refractivity contribution in [3.8, 4) is 5.75 Å². The van der Waals surface area contributed by atoms with Crippen molar-refractivity contribution in [2.24, 2.45) is 5.73 Å². The second kappa shape index (κ2) is 18.4. The molecule has 0 aliphatic carbocycles. The highest BCUT2D eigenvalue weighted by atomic mass is 32.2. The standard InChI is InChI=1S/C39H46N4O7S/c1-39(2,3)50-38(48)43(34(20-21-51-4)36(46)41-30-17-16-28-12-8-9-13-29(28)23-30)37(47)33(42-35(45)32(40)24-44)22-26-14-18-31(19-15-26)49-25-27-10-6-5-7-11-27/h5-19,23,32-34,44H,20-22,24-25,40H2,1-4H3,(H,41,46)(H,42,45)/t32-,33+,34+/m1/s1. The van der Waals surface area contributed by atoms with E-state index in [2.05, 4.69) is 10.6 Å². The summed E-state index contributed by atoms with van der Waals surface area (Å²) in [6, 6.07) is 25.8. The quantitative estimate of drug-likeness (QED) is 0.128. The molecule has 5 N–H and O–H groups in total. The first kappa shape index (κ1) is 38.9. The smallest absolute Gasteiger partial charge is 0.417 e. The summed E-state index contributed by atoms with van der Waals surface area (Å²) in [4.78, 5) is 56.3. The van der Waals surface area contributed by atoms with Crippen LogP contribution in [0, 0.1) is 0 Å². The molecule has 0 radical (unpaired) electrons. The molecular weight excluding hydrogens is 669 g/mol. The first-order valence-electron chi connectivity index (χ1n) is 16.7. The molecular formula is C39H46N4O7S. The van der Waals surface area contributed by atoms with Gasteiger partial charge in [0, 0.05) is 12.1 Å². The summed E-state index contributed by atoms with van der Waals surface area (Å²) in [5.74, 6) is -1.25. The maximum atomic E-state index is 14.6. The number of fused-ring (bicyclic) bond motifs is 1. The number of hydrogen-bond donors (Lipinski definition) is 4. The third-order valence-electron chi connectivity index (χ3n) is 7.81. The highest BCUT2D eigenvalue weighted by Crippen LogP contribution is 2.23. The van der Waals surface area contributed by atoms with Gasteiger partial charge in [0.1, 0.15) is 36.1 Å². The number of aliphatic hydroxyl groups excluding tert-OH is 1. The number of carbonyl (C=O) groups excluding carboxylic acids is 4. The number of aliphatic hydroxyl groups is 1. The van der Waals surface area contributed by atoms with Crippen LogP contribution in [0.5, 0.6) is 5.75 Å². The number of ether oxygens (including phenoxy) is 2. The van der Waals surface area contributed by atoms with Crippen LogP contribution in [-0.2, 0) is 32.1 Å². The lowest BCUT2D eigenvalue weighted by Crippen LogP contribution is -2.60. The summed E-state index contributed by atoms with van der Waals surface area (Å²) in [6.07, 6.45) is 0.852. The van der Waals surface area contributed by atoms with Crippen molar-refractivity contribution in [1.29, 1.82) is 0 Å². The lowest BCUT2D eigenvalue weighted by molar-refractivity contribution is -0.141. The van der Waals surface area contributed by atoms with E-state index in [1.165, 1.54) is 11.8 Å². The monoisotopic (exact) mass is 714 g/mol. The average molecular weight is 715 g/mol. The van der Waals surface area contributed by atoms with E-state index in [9.17, 15) is 24.3 Å². The first-order valence-corrected chi connectivity index (χ1v) is 18.0. The minimum Gasteiger partial charge on any atom is -0.489 e. The van der Waals surface area contributed by atoms with Gasteiger partial charge < -0.3 is 30.9 Å². The van der Waals surface area contributed by atoms with Crippen LogP contribution in [0.2, 0.25) is 0 Å². The molecule has 0 unspecified atom stereocenters. The van der Waals surface area contributed by atoms with Crippen molar-refractivity contribution in [3.63, 3.8) is 0 Å². The van der Waals surface area contributed by atoms with E-state index in [0.717, 1.165) is 21.2 Å². The average Bonchev–Trinajstić information content (AvgIpc) is 3.11. The Morgan fingerprint density at radius 1 is 0.863 bits per heavy atom. The lowest BCUT2D eigenvalue weighted by atomic mass is 10.0. The van der Waals surface area contributed by atoms with Crippen molar-refractivity contribution >= 4 is 52.0 Å². The third-order valence-corrected chi connectivity index (χ3v) is 8.46. The largest absolute Gasteiger partial charge is 0.489 e. The molecule has 4 rings (SSSR count). The number of carbonyl (C=O) groups is 4. The Kier molecular flexibility index (Phi) is 14.0. The number of rotatable bonds is 15. The van der Waals surface area contributed by atoms with Crippen molar-refractivity contribution in [3.05, 3.63) is 108 Å². The van der Waals surface area contributed by atoms with Gasteiger partial charge in [0.2, 0.25) is 11.8 Å². The summed E-state index contributed by atoms with van der Waals surface area (Å²) in [5, 5.41) is 16.9. The minimum atomic E-state index is -1.36. The van der Waals surface area contributed by atoms with Crippen LogP contribution < -0.4 is 21.1 Å². The Morgan fingerprint density at radius 3 is 2.18 bits per heavy atom. The topological polar surface area (TPSA) is 160 Å². The third kappa shape index (κ3) is 11.6. The van der Waals surface area contributed by atoms with Gasteiger partial charge >= 0.3 is 6.09 Å². The fourth-order valence-electron chi connectivity index (χ4n) is 5.21. The zero-order valence-corrected chi connectivity index (χ0v) is 30.2. The molecule has 270 valence electrons. The van der Waals surface area contributed by atoms with E-state index >= 15 is 0 Å². The number of imide groups is 1. The molecule has 3 atom stereocenters. The van der Waals surface area contributed by atoms with E-state index in [4.69, 9.17) is 15.2 Å². The fourth-order valence-corrected chi connectivity index (χ4v) is 5.67. The summed E-state index contributed by atoms with van der Waals surface area (Å²) < 4.78 is 11.6. The molecule has 0 saturated heterocycles.